The highest BCUT2D eigenvalue weighted by Crippen LogP contribution is 2.40. The summed E-state index contributed by atoms with van der Waals surface area (Å²) in [7, 11) is 0. The summed E-state index contributed by atoms with van der Waals surface area (Å²) in [4.78, 5) is 0. The van der Waals surface area contributed by atoms with Crippen molar-refractivity contribution in [2.75, 3.05) is 6.54 Å². The van der Waals surface area contributed by atoms with Crippen LogP contribution in [-0.4, -0.2) is 12.6 Å². The minimum atomic E-state index is 0.726. The SMILES string of the molecule is CCNC(CC1CCCc2ccccc21)C1CCCC1C. The Labute approximate surface area is 130 Å². The fourth-order valence-corrected chi connectivity index (χ4v) is 4.85. The number of hydrogen-bond acceptors (Lipinski definition) is 1. The molecule has 0 amide bonds. The summed E-state index contributed by atoms with van der Waals surface area (Å²) in [6.07, 6.45) is 9.72. The second kappa shape index (κ2) is 6.96. The molecule has 4 unspecified atom stereocenters. The Kier molecular flexibility index (Phi) is 5.00. The third-order valence-electron chi connectivity index (χ3n) is 5.94. The van der Waals surface area contributed by atoms with E-state index in [1.807, 2.05) is 0 Å². The van der Waals surface area contributed by atoms with Crippen molar-refractivity contribution >= 4 is 0 Å². The smallest absolute Gasteiger partial charge is 0.0104 e. The molecule has 3 rings (SSSR count). The largest absolute Gasteiger partial charge is 0.314 e. The molecule has 21 heavy (non-hydrogen) atoms. The van der Waals surface area contributed by atoms with Crippen LogP contribution in [0.15, 0.2) is 24.3 Å². The first kappa shape index (κ1) is 15.1. The second-order valence-electron chi connectivity index (χ2n) is 7.26. The molecule has 2 aliphatic carbocycles. The summed E-state index contributed by atoms with van der Waals surface area (Å²) in [6.45, 7) is 5.85. The fourth-order valence-electron chi connectivity index (χ4n) is 4.85. The summed E-state index contributed by atoms with van der Waals surface area (Å²) in [5, 5.41) is 3.83. The van der Waals surface area contributed by atoms with Gasteiger partial charge in [0.2, 0.25) is 0 Å². The minimum absolute atomic E-state index is 0.726. The fraction of sp³-hybridized carbons (Fsp3) is 0.700. The molecular weight excluding hydrogens is 254 g/mol. The highest BCUT2D eigenvalue weighted by molar-refractivity contribution is 5.32. The molecule has 0 radical (unpaired) electrons. The van der Waals surface area contributed by atoms with Crippen LogP contribution >= 0.6 is 0 Å². The van der Waals surface area contributed by atoms with Crippen molar-refractivity contribution in [1.82, 2.24) is 5.32 Å². The van der Waals surface area contributed by atoms with Gasteiger partial charge in [-0.1, -0.05) is 51.0 Å². The summed E-state index contributed by atoms with van der Waals surface area (Å²) in [5.41, 5.74) is 3.26. The average Bonchev–Trinajstić information content (AvgIpc) is 2.93. The summed E-state index contributed by atoms with van der Waals surface area (Å²) in [5.74, 6) is 2.60. The van der Waals surface area contributed by atoms with Crippen molar-refractivity contribution in [1.29, 1.82) is 0 Å². The first-order valence-corrected chi connectivity index (χ1v) is 9.10. The number of benzene rings is 1. The highest BCUT2D eigenvalue weighted by atomic mass is 14.9. The topological polar surface area (TPSA) is 12.0 Å². The van der Waals surface area contributed by atoms with Gasteiger partial charge >= 0.3 is 0 Å². The molecule has 1 heteroatoms. The number of aryl methyl sites for hydroxylation is 1. The van der Waals surface area contributed by atoms with Gasteiger partial charge in [-0.2, -0.15) is 0 Å². The van der Waals surface area contributed by atoms with E-state index in [1.54, 1.807) is 11.1 Å². The van der Waals surface area contributed by atoms with E-state index >= 15 is 0 Å². The second-order valence-corrected chi connectivity index (χ2v) is 7.26. The molecule has 0 aromatic heterocycles. The van der Waals surface area contributed by atoms with Gasteiger partial charge in [-0.15, -0.1) is 0 Å². The van der Waals surface area contributed by atoms with Crippen molar-refractivity contribution in [2.45, 2.75) is 70.8 Å². The Morgan fingerprint density at radius 1 is 1.14 bits per heavy atom. The van der Waals surface area contributed by atoms with Crippen LogP contribution in [0.1, 0.15) is 69.4 Å². The molecule has 1 fully saturated rings. The lowest BCUT2D eigenvalue weighted by atomic mass is 9.76. The van der Waals surface area contributed by atoms with E-state index in [0.29, 0.717) is 0 Å². The van der Waals surface area contributed by atoms with E-state index in [2.05, 4.69) is 43.4 Å². The normalized spacial score (nSPS) is 30.1. The quantitative estimate of drug-likeness (QED) is 0.810. The van der Waals surface area contributed by atoms with Gasteiger partial charge in [-0.25, -0.2) is 0 Å². The molecule has 4 atom stereocenters. The standard InChI is InChI=1S/C20H31N/c1-3-21-20(18-13-6-8-15(18)2)14-17-11-7-10-16-9-4-5-12-19(16)17/h4-5,9,12,15,17-18,20-21H,3,6-8,10-11,13-14H2,1-2H3. The van der Waals surface area contributed by atoms with Crippen molar-refractivity contribution in [3.63, 3.8) is 0 Å². The zero-order valence-corrected chi connectivity index (χ0v) is 13.8. The molecule has 0 spiro atoms. The molecule has 0 saturated heterocycles. The monoisotopic (exact) mass is 285 g/mol. The molecular formula is C20H31N. The molecule has 0 bridgehead atoms. The Balaban J connectivity index is 1.74. The van der Waals surface area contributed by atoms with Crippen LogP contribution in [0.25, 0.3) is 0 Å². The van der Waals surface area contributed by atoms with E-state index in [1.165, 1.54) is 44.9 Å². The van der Waals surface area contributed by atoms with Gasteiger partial charge in [-0.05, 0) is 67.5 Å². The van der Waals surface area contributed by atoms with Crippen molar-refractivity contribution in [2.24, 2.45) is 11.8 Å². The predicted octanol–water partition coefficient (Wildman–Crippen LogP) is 4.91. The molecule has 2 aliphatic rings. The van der Waals surface area contributed by atoms with Crippen LogP contribution in [-0.2, 0) is 6.42 Å². The summed E-state index contributed by atoms with van der Waals surface area (Å²) in [6, 6.07) is 9.91. The van der Waals surface area contributed by atoms with E-state index in [-0.39, 0.29) is 0 Å². The van der Waals surface area contributed by atoms with Gasteiger partial charge < -0.3 is 5.32 Å². The van der Waals surface area contributed by atoms with Crippen LogP contribution in [0.3, 0.4) is 0 Å². The molecule has 0 heterocycles. The maximum Gasteiger partial charge on any atom is 0.0104 e. The first-order valence-electron chi connectivity index (χ1n) is 9.10. The van der Waals surface area contributed by atoms with Crippen LogP contribution in [0.4, 0.5) is 0 Å². The first-order chi connectivity index (χ1) is 10.3. The molecule has 1 N–H and O–H groups in total. The molecule has 1 aromatic carbocycles. The maximum atomic E-state index is 3.83. The Hall–Kier alpha value is -0.820. The van der Waals surface area contributed by atoms with E-state index in [4.69, 9.17) is 0 Å². The number of hydrogen-bond donors (Lipinski definition) is 1. The molecule has 1 aromatic rings. The Morgan fingerprint density at radius 3 is 2.76 bits per heavy atom. The van der Waals surface area contributed by atoms with Crippen LogP contribution in [0.5, 0.6) is 0 Å². The maximum absolute atomic E-state index is 3.83. The summed E-state index contributed by atoms with van der Waals surface area (Å²) < 4.78 is 0. The van der Waals surface area contributed by atoms with Crippen LogP contribution in [0, 0.1) is 11.8 Å². The lowest BCUT2D eigenvalue weighted by Gasteiger charge is -2.34. The van der Waals surface area contributed by atoms with Crippen molar-refractivity contribution in [3.05, 3.63) is 35.4 Å². The van der Waals surface area contributed by atoms with E-state index < -0.39 is 0 Å². The lowest BCUT2D eigenvalue weighted by Crippen LogP contribution is -2.39. The number of nitrogens with one attached hydrogen (secondary N) is 1. The van der Waals surface area contributed by atoms with E-state index in [0.717, 1.165) is 30.3 Å². The van der Waals surface area contributed by atoms with Gasteiger partial charge in [0.05, 0.1) is 0 Å². The average molecular weight is 285 g/mol. The predicted molar refractivity (Wildman–Crippen MR) is 90.7 cm³/mol. The van der Waals surface area contributed by atoms with E-state index in [9.17, 15) is 0 Å². The highest BCUT2D eigenvalue weighted by Gasteiger charge is 2.33. The zero-order valence-electron chi connectivity index (χ0n) is 13.8. The zero-order chi connectivity index (χ0) is 14.7. The molecule has 1 nitrogen and oxygen atoms in total. The van der Waals surface area contributed by atoms with Gasteiger partial charge in [0.1, 0.15) is 0 Å². The molecule has 116 valence electrons. The number of fused-ring (bicyclic) bond motifs is 1. The number of rotatable bonds is 5. The van der Waals surface area contributed by atoms with Gasteiger partial charge in [0.15, 0.2) is 0 Å². The molecule has 1 saturated carbocycles. The van der Waals surface area contributed by atoms with Gasteiger partial charge in [0.25, 0.3) is 0 Å². The molecule has 0 aliphatic heterocycles. The lowest BCUT2D eigenvalue weighted by molar-refractivity contribution is 0.267. The minimum Gasteiger partial charge on any atom is -0.314 e. The summed E-state index contributed by atoms with van der Waals surface area (Å²) >= 11 is 0. The Morgan fingerprint density at radius 2 is 2.00 bits per heavy atom. The van der Waals surface area contributed by atoms with Crippen LogP contribution < -0.4 is 5.32 Å². The van der Waals surface area contributed by atoms with Crippen molar-refractivity contribution < 1.29 is 0 Å². The van der Waals surface area contributed by atoms with Crippen LogP contribution in [0.2, 0.25) is 0 Å². The third-order valence-corrected chi connectivity index (χ3v) is 5.94. The third kappa shape index (κ3) is 3.34. The van der Waals surface area contributed by atoms with Crippen molar-refractivity contribution in [3.8, 4) is 0 Å². The Bertz CT molecular complexity index is 453. The van der Waals surface area contributed by atoms with Gasteiger partial charge in [0, 0.05) is 6.04 Å². The van der Waals surface area contributed by atoms with Gasteiger partial charge in [-0.3, -0.25) is 0 Å².